The van der Waals surface area contributed by atoms with Gasteiger partial charge in [0.15, 0.2) is 5.03 Å². The highest BCUT2D eigenvalue weighted by molar-refractivity contribution is 7.89. The molecule has 1 heterocycles. The summed E-state index contributed by atoms with van der Waals surface area (Å²) >= 11 is 0. The van der Waals surface area contributed by atoms with E-state index in [2.05, 4.69) is 21.9 Å². The van der Waals surface area contributed by atoms with Crippen LogP contribution < -0.4 is 10.0 Å². The highest BCUT2D eigenvalue weighted by Gasteiger charge is 2.21. The van der Waals surface area contributed by atoms with E-state index in [1.165, 1.54) is 12.6 Å². The summed E-state index contributed by atoms with van der Waals surface area (Å²) in [4.78, 5) is 15.9. The van der Waals surface area contributed by atoms with E-state index in [0.717, 1.165) is 19.3 Å². The Hall–Kier alpha value is -1.41. The summed E-state index contributed by atoms with van der Waals surface area (Å²) in [7, 11) is -1.93. The van der Waals surface area contributed by atoms with Crippen LogP contribution in [0.2, 0.25) is 0 Å². The zero-order valence-electron chi connectivity index (χ0n) is 14.0. The molecule has 2 atom stereocenters. The van der Waals surface area contributed by atoms with Crippen molar-refractivity contribution >= 4 is 15.9 Å². The second-order valence-corrected chi connectivity index (χ2v) is 8.14. The van der Waals surface area contributed by atoms with Gasteiger partial charge in [0.25, 0.3) is 10.0 Å². The smallest absolute Gasteiger partial charge is 0.259 e. The second-order valence-electron chi connectivity index (χ2n) is 6.42. The van der Waals surface area contributed by atoms with Crippen molar-refractivity contribution in [3.63, 3.8) is 0 Å². The van der Waals surface area contributed by atoms with Crippen LogP contribution in [0.25, 0.3) is 0 Å². The van der Waals surface area contributed by atoms with E-state index in [4.69, 9.17) is 0 Å². The van der Waals surface area contributed by atoms with Gasteiger partial charge in [0.1, 0.15) is 5.82 Å². The molecule has 2 N–H and O–H groups in total. The van der Waals surface area contributed by atoms with Crippen molar-refractivity contribution in [1.82, 2.24) is 19.6 Å². The maximum absolute atomic E-state index is 12.1. The van der Waals surface area contributed by atoms with Crippen LogP contribution in [0.1, 0.15) is 44.9 Å². The number of hydrogen-bond donors (Lipinski definition) is 2. The van der Waals surface area contributed by atoms with E-state index in [0.29, 0.717) is 11.7 Å². The first kappa shape index (κ1) is 17.9. The van der Waals surface area contributed by atoms with Crippen LogP contribution in [0.4, 0.5) is 0 Å². The molecule has 23 heavy (non-hydrogen) atoms. The van der Waals surface area contributed by atoms with Crippen molar-refractivity contribution in [3.05, 3.63) is 12.0 Å². The lowest BCUT2D eigenvalue weighted by molar-refractivity contribution is -0.121. The molecule has 1 aliphatic carbocycles. The number of amides is 1. The van der Waals surface area contributed by atoms with E-state index in [1.54, 1.807) is 18.5 Å². The SMILES string of the molecule is Cc1nc(S(=O)(=O)NCCC(=O)NC2CCCC(C)C2)cn1C. The highest BCUT2D eigenvalue weighted by atomic mass is 32.2. The number of nitrogens with one attached hydrogen (secondary N) is 2. The van der Waals surface area contributed by atoms with Crippen LogP contribution in [-0.4, -0.2) is 36.5 Å². The fourth-order valence-electron chi connectivity index (χ4n) is 2.89. The standard InChI is InChI=1S/C15H26N4O3S/c1-11-5-4-6-13(9-11)18-14(20)7-8-16-23(21,22)15-10-19(3)12(2)17-15/h10-11,13,16H,4-9H2,1-3H3,(H,18,20). The van der Waals surface area contributed by atoms with Crippen LogP contribution >= 0.6 is 0 Å². The van der Waals surface area contributed by atoms with Crippen molar-refractivity contribution in [1.29, 1.82) is 0 Å². The average Bonchev–Trinajstić information content (AvgIpc) is 2.79. The summed E-state index contributed by atoms with van der Waals surface area (Å²) in [5.41, 5.74) is 0. The van der Waals surface area contributed by atoms with Gasteiger partial charge in [-0.15, -0.1) is 0 Å². The van der Waals surface area contributed by atoms with Gasteiger partial charge in [-0.3, -0.25) is 4.79 Å². The van der Waals surface area contributed by atoms with E-state index in [9.17, 15) is 13.2 Å². The Labute approximate surface area is 137 Å². The van der Waals surface area contributed by atoms with Crippen LogP contribution in [0, 0.1) is 12.8 Å². The van der Waals surface area contributed by atoms with Gasteiger partial charge in [0.2, 0.25) is 5.91 Å². The van der Waals surface area contributed by atoms with Crippen LogP contribution in [-0.2, 0) is 21.9 Å². The summed E-state index contributed by atoms with van der Waals surface area (Å²) in [6.07, 6.45) is 5.96. The Morgan fingerprint density at radius 2 is 2.17 bits per heavy atom. The van der Waals surface area contributed by atoms with E-state index < -0.39 is 10.0 Å². The molecular formula is C15H26N4O3S. The predicted molar refractivity (Wildman–Crippen MR) is 87.3 cm³/mol. The minimum atomic E-state index is -3.66. The number of sulfonamides is 1. The third-order valence-electron chi connectivity index (χ3n) is 4.31. The first-order chi connectivity index (χ1) is 10.8. The molecule has 1 fully saturated rings. The third-order valence-corrected chi connectivity index (χ3v) is 5.64. The van der Waals surface area contributed by atoms with Gasteiger partial charge in [0.05, 0.1) is 0 Å². The quantitative estimate of drug-likeness (QED) is 0.809. The Morgan fingerprint density at radius 1 is 1.43 bits per heavy atom. The van der Waals surface area contributed by atoms with Gasteiger partial charge in [-0.2, -0.15) is 0 Å². The maximum atomic E-state index is 12.1. The number of imidazole rings is 1. The number of nitrogens with zero attached hydrogens (tertiary/aromatic N) is 2. The molecule has 1 aliphatic rings. The molecule has 2 rings (SSSR count). The Morgan fingerprint density at radius 3 is 2.78 bits per heavy atom. The molecule has 0 saturated heterocycles. The average molecular weight is 342 g/mol. The third kappa shape index (κ3) is 5.04. The van der Waals surface area contributed by atoms with Crippen LogP contribution in [0.3, 0.4) is 0 Å². The molecule has 1 saturated carbocycles. The van der Waals surface area contributed by atoms with Gasteiger partial charge >= 0.3 is 0 Å². The monoisotopic (exact) mass is 342 g/mol. The first-order valence-corrected chi connectivity index (χ1v) is 9.55. The molecule has 1 amide bonds. The number of aryl methyl sites for hydroxylation is 2. The van der Waals surface area contributed by atoms with Gasteiger partial charge in [-0.05, 0) is 25.7 Å². The molecule has 1 aromatic heterocycles. The van der Waals surface area contributed by atoms with E-state index in [-0.39, 0.29) is 29.9 Å². The molecule has 0 aliphatic heterocycles. The number of hydrogen-bond acceptors (Lipinski definition) is 4. The first-order valence-electron chi connectivity index (χ1n) is 8.07. The number of carbonyl (C=O) groups is 1. The lowest BCUT2D eigenvalue weighted by atomic mass is 9.87. The Balaban J connectivity index is 1.78. The van der Waals surface area contributed by atoms with Crippen molar-refractivity contribution in [2.75, 3.05) is 6.54 Å². The van der Waals surface area contributed by atoms with Crippen molar-refractivity contribution in [3.8, 4) is 0 Å². The minimum absolute atomic E-state index is 0.0148. The molecule has 0 aromatic carbocycles. The summed E-state index contributed by atoms with van der Waals surface area (Å²) in [6, 6.07) is 0.223. The van der Waals surface area contributed by atoms with Gasteiger partial charge in [-0.25, -0.2) is 18.1 Å². The Kier molecular flexibility index (Phi) is 5.80. The largest absolute Gasteiger partial charge is 0.353 e. The van der Waals surface area contributed by atoms with Gasteiger partial charge in [0, 0.05) is 32.3 Å². The van der Waals surface area contributed by atoms with Gasteiger partial charge < -0.3 is 9.88 Å². The van der Waals surface area contributed by atoms with Crippen molar-refractivity contribution in [2.24, 2.45) is 13.0 Å². The van der Waals surface area contributed by atoms with Crippen LogP contribution in [0.5, 0.6) is 0 Å². The molecule has 1 aromatic rings. The second kappa shape index (κ2) is 7.44. The van der Waals surface area contributed by atoms with E-state index >= 15 is 0 Å². The number of rotatable bonds is 6. The minimum Gasteiger partial charge on any atom is -0.353 e. The Bertz CT molecular complexity index is 634. The number of carbonyl (C=O) groups excluding carboxylic acids is 1. The fourth-order valence-corrected chi connectivity index (χ4v) is 3.96. The molecule has 2 unspecified atom stereocenters. The fraction of sp³-hybridized carbons (Fsp3) is 0.733. The zero-order valence-corrected chi connectivity index (χ0v) is 14.8. The molecule has 0 spiro atoms. The normalized spacial score (nSPS) is 22.0. The van der Waals surface area contributed by atoms with Gasteiger partial charge in [-0.1, -0.05) is 19.8 Å². The van der Waals surface area contributed by atoms with Crippen LogP contribution in [0.15, 0.2) is 11.2 Å². The summed E-state index contributed by atoms with van der Waals surface area (Å²) < 4.78 is 28.3. The summed E-state index contributed by atoms with van der Waals surface area (Å²) in [6.45, 7) is 4.00. The highest BCUT2D eigenvalue weighted by Crippen LogP contribution is 2.23. The molecule has 7 nitrogen and oxygen atoms in total. The summed E-state index contributed by atoms with van der Waals surface area (Å²) in [5, 5.41) is 2.98. The molecular weight excluding hydrogens is 316 g/mol. The number of aromatic nitrogens is 2. The maximum Gasteiger partial charge on any atom is 0.259 e. The lowest BCUT2D eigenvalue weighted by Gasteiger charge is -2.27. The molecule has 130 valence electrons. The van der Waals surface area contributed by atoms with E-state index in [1.807, 2.05) is 0 Å². The zero-order chi connectivity index (χ0) is 17.0. The van der Waals surface area contributed by atoms with Crippen molar-refractivity contribution in [2.45, 2.75) is 57.0 Å². The summed E-state index contributed by atoms with van der Waals surface area (Å²) in [5.74, 6) is 1.15. The molecule has 0 bridgehead atoms. The topological polar surface area (TPSA) is 93.1 Å². The molecule has 8 heteroatoms. The van der Waals surface area contributed by atoms with Crippen molar-refractivity contribution < 1.29 is 13.2 Å². The predicted octanol–water partition coefficient (Wildman–Crippen LogP) is 1.09. The molecule has 0 radical (unpaired) electrons. The lowest BCUT2D eigenvalue weighted by Crippen LogP contribution is -2.39.